The van der Waals surface area contributed by atoms with Crippen molar-refractivity contribution in [1.82, 2.24) is 24.6 Å². The van der Waals surface area contributed by atoms with Crippen molar-refractivity contribution in [2.24, 2.45) is 5.92 Å². The fraction of sp³-hybridized carbons (Fsp3) is 0.583. The van der Waals surface area contributed by atoms with Crippen LogP contribution in [0.2, 0.25) is 0 Å². The number of imidazole rings is 1. The SMILES string of the molecule is C#C[C@]1(CO[P@@](=O)(N[C@@H](C)C(=O)OCC(CC)CC)Oc2ccccc2)O[C@@H](n2cnc3c(N)nc(F)nc32)C[C@@H]1OC(=O)CCCCCCCC. The number of carbonyl (C=O) groups excluding carboxylic acids is 2. The van der Waals surface area contributed by atoms with Gasteiger partial charge in [0.2, 0.25) is 0 Å². The predicted octanol–water partition coefficient (Wildman–Crippen LogP) is 6.66. The zero-order valence-electron chi connectivity index (χ0n) is 30.3. The molecule has 284 valence electrons. The molecule has 1 aliphatic rings. The molecule has 1 saturated heterocycles. The smallest absolute Gasteiger partial charge is 0.459 e. The lowest BCUT2D eigenvalue weighted by atomic mass is 9.98. The molecular weight excluding hydrogens is 694 g/mol. The lowest BCUT2D eigenvalue weighted by Gasteiger charge is -2.31. The Balaban J connectivity index is 1.59. The molecule has 5 atom stereocenters. The number of halogens is 1. The first-order valence-electron chi connectivity index (χ1n) is 17.9. The highest BCUT2D eigenvalue weighted by Gasteiger charge is 2.53. The number of hydrogen-bond acceptors (Lipinski definition) is 12. The Hall–Kier alpha value is -4.09. The number of nitrogens with two attached hydrogens (primary N) is 1. The van der Waals surface area contributed by atoms with Crippen LogP contribution in [-0.2, 0) is 32.9 Å². The first kappa shape index (κ1) is 40.7. The molecule has 4 rings (SSSR count). The number of rotatable bonds is 21. The minimum Gasteiger partial charge on any atom is -0.464 e. The van der Waals surface area contributed by atoms with Crippen LogP contribution in [0, 0.1) is 24.3 Å². The maximum absolute atomic E-state index is 14.4. The Morgan fingerprint density at radius 3 is 2.56 bits per heavy atom. The van der Waals surface area contributed by atoms with Gasteiger partial charge in [-0.25, -0.2) is 9.55 Å². The van der Waals surface area contributed by atoms with E-state index in [1.165, 1.54) is 17.8 Å². The molecule has 3 aromatic rings. The molecule has 1 fully saturated rings. The number of esters is 2. The van der Waals surface area contributed by atoms with Crippen LogP contribution in [0.15, 0.2) is 36.7 Å². The monoisotopic (exact) mass is 744 g/mol. The zero-order chi connectivity index (χ0) is 37.7. The summed E-state index contributed by atoms with van der Waals surface area (Å²) in [7, 11) is -4.42. The van der Waals surface area contributed by atoms with Crippen molar-refractivity contribution >= 4 is 36.7 Å². The number of carbonyl (C=O) groups is 2. The second-order valence-electron chi connectivity index (χ2n) is 12.9. The van der Waals surface area contributed by atoms with Crippen LogP contribution in [0.3, 0.4) is 0 Å². The minimum atomic E-state index is -4.42. The van der Waals surface area contributed by atoms with Gasteiger partial charge in [-0.1, -0.05) is 89.8 Å². The van der Waals surface area contributed by atoms with Crippen LogP contribution in [-0.4, -0.2) is 62.4 Å². The van der Waals surface area contributed by atoms with E-state index in [1.807, 2.05) is 13.8 Å². The number of terminal acetylenes is 1. The number of nitrogen functional groups attached to an aromatic ring is 1. The summed E-state index contributed by atoms with van der Waals surface area (Å²) in [4.78, 5) is 37.7. The normalized spacial score (nSPS) is 20.3. The van der Waals surface area contributed by atoms with Gasteiger partial charge in [0.05, 0.1) is 12.9 Å². The number of unbranched alkanes of at least 4 members (excludes halogenated alkanes) is 5. The van der Waals surface area contributed by atoms with Crippen LogP contribution >= 0.6 is 7.75 Å². The molecule has 2 aromatic heterocycles. The summed E-state index contributed by atoms with van der Waals surface area (Å²) in [6.45, 7) is 7.21. The van der Waals surface area contributed by atoms with Gasteiger partial charge in [0.1, 0.15) is 30.7 Å². The number of fused-ring (bicyclic) bond motifs is 1. The second kappa shape index (κ2) is 19.1. The van der Waals surface area contributed by atoms with E-state index in [1.54, 1.807) is 30.3 Å². The van der Waals surface area contributed by atoms with Gasteiger partial charge in [-0.2, -0.15) is 19.4 Å². The third kappa shape index (κ3) is 10.7. The van der Waals surface area contributed by atoms with Crippen molar-refractivity contribution in [3.05, 3.63) is 42.7 Å². The molecule has 0 amide bonds. The summed E-state index contributed by atoms with van der Waals surface area (Å²) >= 11 is 0. The topological polar surface area (TPSA) is 179 Å². The number of ether oxygens (including phenoxy) is 3. The van der Waals surface area contributed by atoms with Crippen molar-refractivity contribution in [2.75, 3.05) is 18.9 Å². The van der Waals surface area contributed by atoms with E-state index < -0.39 is 56.3 Å². The Bertz CT molecular complexity index is 1720. The molecule has 52 heavy (non-hydrogen) atoms. The molecule has 1 aliphatic heterocycles. The summed E-state index contributed by atoms with van der Waals surface area (Å²) in [5, 5.41) is 2.66. The summed E-state index contributed by atoms with van der Waals surface area (Å²) in [5.41, 5.74) is 4.21. The van der Waals surface area contributed by atoms with Gasteiger partial charge in [-0.15, -0.1) is 6.42 Å². The Morgan fingerprint density at radius 2 is 1.87 bits per heavy atom. The summed E-state index contributed by atoms with van der Waals surface area (Å²) in [6.07, 6.45) is 11.8. The number of anilines is 1. The van der Waals surface area contributed by atoms with Gasteiger partial charge in [-0.3, -0.25) is 18.7 Å². The molecule has 0 aliphatic carbocycles. The molecule has 0 saturated carbocycles. The van der Waals surface area contributed by atoms with Gasteiger partial charge >= 0.3 is 25.8 Å². The predicted molar refractivity (Wildman–Crippen MR) is 192 cm³/mol. The van der Waals surface area contributed by atoms with E-state index >= 15 is 0 Å². The lowest BCUT2D eigenvalue weighted by Crippen LogP contribution is -2.45. The lowest BCUT2D eigenvalue weighted by molar-refractivity contribution is -0.158. The van der Waals surface area contributed by atoms with Crippen LogP contribution in [0.25, 0.3) is 11.2 Å². The molecule has 3 N–H and O–H groups in total. The van der Waals surface area contributed by atoms with Crippen LogP contribution in [0.4, 0.5) is 10.2 Å². The van der Waals surface area contributed by atoms with E-state index in [4.69, 9.17) is 35.4 Å². The van der Waals surface area contributed by atoms with E-state index in [0.29, 0.717) is 6.42 Å². The van der Waals surface area contributed by atoms with Crippen molar-refractivity contribution in [3.63, 3.8) is 0 Å². The van der Waals surface area contributed by atoms with Crippen LogP contribution in [0.5, 0.6) is 5.75 Å². The Morgan fingerprint density at radius 1 is 1.15 bits per heavy atom. The maximum atomic E-state index is 14.4. The summed E-state index contributed by atoms with van der Waals surface area (Å²) in [6, 6.07) is 7.11. The van der Waals surface area contributed by atoms with E-state index in [9.17, 15) is 18.5 Å². The molecule has 16 heteroatoms. The highest BCUT2D eigenvalue weighted by molar-refractivity contribution is 7.52. The number of benzene rings is 1. The van der Waals surface area contributed by atoms with E-state index in [-0.39, 0.29) is 48.1 Å². The average Bonchev–Trinajstić information content (AvgIpc) is 3.71. The first-order valence-corrected chi connectivity index (χ1v) is 19.4. The number of aromatic nitrogens is 4. The van der Waals surface area contributed by atoms with Crippen molar-refractivity contribution in [1.29, 1.82) is 0 Å². The fourth-order valence-corrected chi connectivity index (χ4v) is 7.29. The number of para-hydroxylation sites is 1. The average molecular weight is 745 g/mol. The Labute approximate surface area is 304 Å². The molecule has 0 unspecified atom stereocenters. The first-order chi connectivity index (χ1) is 25.0. The summed E-state index contributed by atoms with van der Waals surface area (Å²) < 4.78 is 59.7. The van der Waals surface area contributed by atoms with E-state index in [2.05, 4.69) is 32.9 Å². The molecule has 0 spiro atoms. The van der Waals surface area contributed by atoms with Crippen molar-refractivity contribution in [3.8, 4) is 18.1 Å². The fourth-order valence-electron chi connectivity index (χ4n) is 5.77. The minimum absolute atomic E-state index is 0.0250. The molecule has 3 heterocycles. The molecule has 0 radical (unpaired) electrons. The van der Waals surface area contributed by atoms with Gasteiger partial charge < -0.3 is 24.5 Å². The molecule has 14 nitrogen and oxygen atoms in total. The van der Waals surface area contributed by atoms with Gasteiger partial charge in [-0.05, 0) is 31.4 Å². The zero-order valence-corrected chi connectivity index (χ0v) is 31.2. The van der Waals surface area contributed by atoms with Crippen molar-refractivity contribution < 1.29 is 41.8 Å². The van der Waals surface area contributed by atoms with E-state index in [0.717, 1.165) is 44.9 Å². The van der Waals surface area contributed by atoms with Gasteiger partial charge in [0, 0.05) is 12.8 Å². The second-order valence-corrected chi connectivity index (χ2v) is 14.6. The number of nitrogens with one attached hydrogen (secondary N) is 1. The highest BCUT2D eigenvalue weighted by atomic mass is 31.2. The molecular formula is C36H50FN6O8P. The third-order valence-corrected chi connectivity index (χ3v) is 10.6. The summed E-state index contributed by atoms with van der Waals surface area (Å²) in [5.74, 6) is 1.58. The maximum Gasteiger partial charge on any atom is 0.459 e. The largest absolute Gasteiger partial charge is 0.464 e. The van der Waals surface area contributed by atoms with Crippen molar-refractivity contribution in [2.45, 2.75) is 116 Å². The van der Waals surface area contributed by atoms with Gasteiger partial charge in [0.15, 0.2) is 22.6 Å². The number of nitrogens with zero attached hydrogens (tertiary/aromatic N) is 4. The highest BCUT2D eigenvalue weighted by Crippen LogP contribution is 2.48. The number of hydrogen-bond donors (Lipinski definition) is 2. The van der Waals surface area contributed by atoms with Crippen LogP contribution < -0.4 is 15.3 Å². The van der Waals surface area contributed by atoms with Crippen LogP contribution in [0.1, 0.15) is 98.1 Å². The van der Waals surface area contributed by atoms with Gasteiger partial charge in [0.25, 0.3) is 0 Å². The third-order valence-electron chi connectivity index (χ3n) is 9.01. The Kier molecular flexibility index (Phi) is 15.0. The molecule has 0 bridgehead atoms. The quantitative estimate of drug-likeness (QED) is 0.0389. The standard InChI is InChI=1S/C36H50FN6O8P/c1-6-10-11-12-13-17-20-30(44)49-28-21-29(43-24-39-31-32(38)40-35(37)41-33(31)43)50-36(28,9-4)23-48-52(46,51-27-18-15-14-16-19-27)42-25(5)34(45)47-22-26(7-2)8-3/h4,14-16,18-19,24-26,28-29H,6-8,10-13,17,20-23H2,1-3,5H3,(H,42,46)(H2,38,40,41)/t25-,28-,29+,36+,52-/m0/s1. The molecule has 1 aromatic carbocycles.